The summed E-state index contributed by atoms with van der Waals surface area (Å²) in [6, 6.07) is 12.1. The molecule has 0 unspecified atom stereocenters. The second-order valence-corrected chi connectivity index (χ2v) is 6.08. The molecule has 3 amide bonds. The number of hydrogen-bond acceptors (Lipinski definition) is 3. The maximum absolute atomic E-state index is 12.3. The molecular weight excluding hydrogens is 306 g/mol. The Morgan fingerprint density at radius 2 is 1.88 bits per heavy atom. The number of carbonyl (C=O) groups excluding carboxylic acids is 3. The first kappa shape index (κ1) is 16.0. The van der Waals surface area contributed by atoms with E-state index in [1.54, 1.807) is 19.9 Å². The highest BCUT2D eigenvalue weighted by atomic mass is 16.2. The average Bonchev–Trinajstić information content (AvgIpc) is 3.14. The maximum atomic E-state index is 12.3. The van der Waals surface area contributed by atoms with Gasteiger partial charge in [0.05, 0.1) is 6.42 Å². The summed E-state index contributed by atoms with van der Waals surface area (Å²) >= 11 is 0. The molecule has 2 aromatic rings. The fourth-order valence-corrected chi connectivity index (χ4v) is 2.86. The lowest BCUT2D eigenvalue weighted by Gasteiger charge is -2.19. The van der Waals surface area contributed by atoms with Crippen molar-refractivity contribution in [3.8, 4) is 11.3 Å². The highest BCUT2D eigenvalue weighted by molar-refractivity contribution is 6.08. The summed E-state index contributed by atoms with van der Waals surface area (Å²) < 4.78 is 0. The van der Waals surface area contributed by atoms with Crippen LogP contribution in [0.1, 0.15) is 30.8 Å². The SMILES string of the molecule is CC(C)N1C(=O)C[C@@H](NC(=O)c2ccc(-c3ccccc3)[nH]2)C1=O. The molecule has 0 spiro atoms. The lowest BCUT2D eigenvalue weighted by atomic mass is 10.2. The highest BCUT2D eigenvalue weighted by Gasteiger charge is 2.40. The van der Waals surface area contributed by atoms with Gasteiger partial charge >= 0.3 is 0 Å². The largest absolute Gasteiger partial charge is 0.351 e. The molecule has 1 fully saturated rings. The van der Waals surface area contributed by atoms with E-state index in [1.807, 2.05) is 36.4 Å². The van der Waals surface area contributed by atoms with Gasteiger partial charge in [0.15, 0.2) is 0 Å². The Morgan fingerprint density at radius 1 is 1.17 bits per heavy atom. The summed E-state index contributed by atoms with van der Waals surface area (Å²) in [7, 11) is 0. The molecule has 1 aromatic heterocycles. The molecule has 1 aromatic carbocycles. The number of aromatic nitrogens is 1. The average molecular weight is 325 g/mol. The zero-order valence-corrected chi connectivity index (χ0v) is 13.6. The smallest absolute Gasteiger partial charge is 0.268 e. The predicted octanol–water partition coefficient (Wildman–Crippen LogP) is 1.95. The van der Waals surface area contributed by atoms with Crippen LogP contribution in [0.4, 0.5) is 0 Å². The molecule has 1 atom stereocenters. The summed E-state index contributed by atoms with van der Waals surface area (Å²) in [4.78, 5) is 40.7. The van der Waals surface area contributed by atoms with Gasteiger partial charge in [-0.05, 0) is 31.5 Å². The van der Waals surface area contributed by atoms with Gasteiger partial charge in [0.2, 0.25) is 5.91 Å². The van der Waals surface area contributed by atoms with Gasteiger partial charge < -0.3 is 10.3 Å². The molecule has 3 rings (SSSR count). The molecule has 1 aliphatic heterocycles. The lowest BCUT2D eigenvalue weighted by Crippen LogP contribution is -2.43. The van der Waals surface area contributed by atoms with Gasteiger partial charge in [0.1, 0.15) is 11.7 Å². The topological polar surface area (TPSA) is 82.3 Å². The number of benzene rings is 1. The van der Waals surface area contributed by atoms with Gasteiger partial charge in [-0.15, -0.1) is 0 Å². The Morgan fingerprint density at radius 3 is 2.50 bits per heavy atom. The first-order valence-corrected chi connectivity index (χ1v) is 7.88. The summed E-state index contributed by atoms with van der Waals surface area (Å²) in [5.41, 5.74) is 2.14. The van der Waals surface area contributed by atoms with Gasteiger partial charge in [-0.2, -0.15) is 0 Å². The number of amides is 3. The van der Waals surface area contributed by atoms with Crippen molar-refractivity contribution in [2.24, 2.45) is 0 Å². The van der Waals surface area contributed by atoms with Gasteiger partial charge in [-0.3, -0.25) is 19.3 Å². The molecule has 1 saturated heterocycles. The molecule has 24 heavy (non-hydrogen) atoms. The second-order valence-electron chi connectivity index (χ2n) is 6.08. The van der Waals surface area contributed by atoms with Crippen LogP contribution in [-0.2, 0) is 9.59 Å². The van der Waals surface area contributed by atoms with Crippen LogP contribution in [0, 0.1) is 0 Å². The lowest BCUT2D eigenvalue weighted by molar-refractivity contribution is -0.140. The van der Waals surface area contributed by atoms with Gasteiger partial charge in [0.25, 0.3) is 11.8 Å². The normalized spacial score (nSPS) is 17.6. The summed E-state index contributed by atoms with van der Waals surface area (Å²) in [5.74, 6) is -0.996. The Bertz CT molecular complexity index is 780. The van der Waals surface area contributed by atoms with Crippen molar-refractivity contribution in [3.05, 3.63) is 48.2 Å². The van der Waals surface area contributed by atoms with Gasteiger partial charge in [-0.25, -0.2) is 0 Å². The zero-order chi connectivity index (χ0) is 17.3. The summed E-state index contributed by atoms with van der Waals surface area (Å²) in [5, 5.41) is 2.64. The molecule has 6 heteroatoms. The van der Waals surface area contributed by atoms with E-state index in [0.29, 0.717) is 5.69 Å². The minimum absolute atomic E-state index is 0.00893. The third-order valence-electron chi connectivity index (χ3n) is 4.02. The molecule has 2 heterocycles. The van der Waals surface area contributed by atoms with Gasteiger partial charge in [-0.1, -0.05) is 30.3 Å². The van der Waals surface area contributed by atoms with Crippen molar-refractivity contribution in [3.63, 3.8) is 0 Å². The van der Waals surface area contributed by atoms with Crippen molar-refractivity contribution >= 4 is 17.7 Å². The second kappa shape index (κ2) is 6.31. The van der Waals surface area contributed by atoms with Crippen molar-refractivity contribution in [1.29, 1.82) is 0 Å². The van der Waals surface area contributed by atoms with Crippen molar-refractivity contribution in [2.75, 3.05) is 0 Å². The van der Waals surface area contributed by atoms with Crippen LogP contribution in [-0.4, -0.2) is 39.7 Å². The Hall–Kier alpha value is -2.89. The van der Waals surface area contributed by atoms with Gasteiger partial charge in [0, 0.05) is 11.7 Å². The number of rotatable bonds is 4. The molecule has 0 aliphatic carbocycles. The van der Waals surface area contributed by atoms with E-state index >= 15 is 0 Å². The van der Waals surface area contributed by atoms with Crippen LogP contribution in [0.3, 0.4) is 0 Å². The molecule has 0 saturated carbocycles. The standard InChI is InChI=1S/C18H19N3O3/c1-11(2)21-16(22)10-15(18(21)24)20-17(23)14-9-8-13(19-14)12-6-4-3-5-7-12/h3-9,11,15,19H,10H2,1-2H3,(H,20,23)/t15-/m1/s1. The number of likely N-dealkylation sites (tertiary alicyclic amines) is 1. The molecule has 2 N–H and O–H groups in total. The first-order chi connectivity index (χ1) is 11.5. The van der Waals surface area contributed by atoms with Crippen LogP contribution < -0.4 is 5.32 Å². The molecule has 0 bridgehead atoms. The van der Waals surface area contributed by atoms with E-state index in [4.69, 9.17) is 0 Å². The van der Waals surface area contributed by atoms with Crippen molar-refractivity contribution in [2.45, 2.75) is 32.4 Å². The number of imide groups is 1. The number of nitrogens with one attached hydrogen (secondary N) is 2. The van der Waals surface area contributed by atoms with E-state index in [9.17, 15) is 14.4 Å². The van der Waals surface area contributed by atoms with E-state index in [1.165, 1.54) is 4.90 Å². The van der Waals surface area contributed by atoms with Crippen LogP contribution in [0.5, 0.6) is 0 Å². The third-order valence-corrected chi connectivity index (χ3v) is 4.02. The Balaban J connectivity index is 1.71. The third kappa shape index (κ3) is 2.95. The number of carbonyl (C=O) groups is 3. The van der Waals surface area contributed by atoms with E-state index in [2.05, 4.69) is 10.3 Å². The number of aromatic amines is 1. The fourth-order valence-electron chi connectivity index (χ4n) is 2.86. The Kier molecular flexibility index (Phi) is 4.20. The summed E-state index contributed by atoms with van der Waals surface area (Å²) in [6.45, 7) is 3.55. The van der Waals surface area contributed by atoms with Crippen molar-refractivity contribution < 1.29 is 14.4 Å². The maximum Gasteiger partial charge on any atom is 0.268 e. The first-order valence-electron chi connectivity index (χ1n) is 7.88. The van der Waals surface area contributed by atoms with E-state index in [0.717, 1.165) is 11.3 Å². The van der Waals surface area contributed by atoms with Crippen molar-refractivity contribution in [1.82, 2.24) is 15.2 Å². The number of nitrogens with zero attached hydrogens (tertiary/aromatic N) is 1. The minimum Gasteiger partial charge on any atom is -0.351 e. The molecule has 1 aliphatic rings. The van der Waals surface area contributed by atoms with E-state index < -0.39 is 11.9 Å². The zero-order valence-electron chi connectivity index (χ0n) is 13.6. The van der Waals surface area contributed by atoms with Crippen LogP contribution in [0.25, 0.3) is 11.3 Å². The highest BCUT2D eigenvalue weighted by Crippen LogP contribution is 2.19. The monoisotopic (exact) mass is 325 g/mol. The molecule has 0 radical (unpaired) electrons. The predicted molar refractivity (Wildman–Crippen MR) is 89.1 cm³/mol. The number of hydrogen-bond donors (Lipinski definition) is 2. The summed E-state index contributed by atoms with van der Waals surface area (Å²) in [6.07, 6.45) is 0.00893. The quantitative estimate of drug-likeness (QED) is 0.843. The van der Waals surface area contributed by atoms with E-state index in [-0.39, 0.29) is 24.3 Å². The fraction of sp³-hybridized carbons (Fsp3) is 0.278. The minimum atomic E-state index is -0.795. The van der Waals surface area contributed by atoms with Crippen LogP contribution in [0.15, 0.2) is 42.5 Å². The van der Waals surface area contributed by atoms with Crippen LogP contribution >= 0.6 is 0 Å². The Labute approximate surface area is 139 Å². The molecule has 124 valence electrons. The number of H-pyrrole nitrogens is 1. The van der Waals surface area contributed by atoms with Crippen LogP contribution in [0.2, 0.25) is 0 Å². The molecular formula is C18H19N3O3. The molecule has 6 nitrogen and oxygen atoms in total.